The lowest BCUT2D eigenvalue weighted by atomic mass is 9.99. The van der Waals surface area contributed by atoms with Gasteiger partial charge in [0.1, 0.15) is 18.1 Å². The lowest BCUT2D eigenvalue weighted by Crippen LogP contribution is -2.56. The lowest BCUT2D eigenvalue weighted by Gasteiger charge is -2.37. The molecule has 0 aliphatic carbocycles. The summed E-state index contributed by atoms with van der Waals surface area (Å²) in [6, 6.07) is 23.4. The van der Waals surface area contributed by atoms with Crippen LogP contribution in [0, 0.1) is 17.8 Å². The second-order valence-electron chi connectivity index (χ2n) is 15.8. The highest BCUT2D eigenvalue weighted by Gasteiger charge is 2.44. The van der Waals surface area contributed by atoms with Crippen LogP contribution in [-0.2, 0) is 62.2 Å². The van der Waals surface area contributed by atoms with Gasteiger partial charge in [0.25, 0.3) is 17.7 Å². The second-order valence-corrected chi connectivity index (χ2v) is 15.8. The van der Waals surface area contributed by atoms with Gasteiger partial charge in [0.2, 0.25) is 0 Å². The Morgan fingerprint density at radius 2 is 0.614 bits per heavy atom. The van der Waals surface area contributed by atoms with E-state index >= 15 is 0 Å². The normalized spacial score (nSPS) is 23.7. The fourth-order valence-electron chi connectivity index (χ4n) is 6.74. The van der Waals surface area contributed by atoms with Crippen molar-refractivity contribution in [3.63, 3.8) is 0 Å². The van der Waals surface area contributed by atoms with Crippen LogP contribution >= 0.6 is 0 Å². The Morgan fingerprint density at radius 3 is 0.807 bits per heavy atom. The standard InChI is InChI=1S/C45H57N3O9/c1-28(2)37-40(49)46(7)35(26-32-21-15-11-16-22-32)44(53)56-39(30(5)6)42(51)48(9)36(27-33-23-17-12-18-24-33)45(54)57-38(29(3)4)41(50)47(8)34(43(52)55-37)25-31-19-13-10-14-20-31/h10-24,28-30,34-39H,25-27H2,1-9H3/t34-,35-,36-,37-,38-,39+/m0/s1. The minimum Gasteiger partial charge on any atom is -0.450 e. The van der Waals surface area contributed by atoms with Gasteiger partial charge in [0.05, 0.1) is 0 Å². The van der Waals surface area contributed by atoms with Gasteiger partial charge in [0, 0.05) is 40.4 Å². The molecule has 1 saturated heterocycles. The van der Waals surface area contributed by atoms with Gasteiger partial charge < -0.3 is 28.9 Å². The molecule has 0 aromatic heterocycles. The van der Waals surface area contributed by atoms with Crippen molar-refractivity contribution >= 4 is 35.6 Å². The van der Waals surface area contributed by atoms with Crippen LogP contribution in [0.3, 0.4) is 0 Å². The minimum atomic E-state index is -1.36. The summed E-state index contributed by atoms with van der Waals surface area (Å²) >= 11 is 0. The van der Waals surface area contributed by atoms with Gasteiger partial charge in [-0.2, -0.15) is 0 Å². The van der Waals surface area contributed by atoms with E-state index in [0.717, 1.165) is 16.7 Å². The maximum atomic E-state index is 14.4. The van der Waals surface area contributed by atoms with E-state index in [-0.39, 0.29) is 19.3 Å². The third kappa shape index (κ3) is 11.3. The molecule has 0 bridgehead atoms. The summed E-state index contributed by atoms with van der Waals surface area (Å²) in [6.07, 6.45) is -3.99. The van der Waals surface area contributed by atoms with Crippen molar-refractivity contribution in [2.45, 2.75) is 97.2 Å². The van der Waals surface area contributed by atoms with Crippen LogP contribution < -0.4 is 0 Å². The zero-order valence-corrected chi connectivity index (χ0v) is 34.5. The van der Waals surface area contributed by atoms with Gasteiger partial charge >= 0.3 is 17.9 Å². The van der Waals surface area contributed by atoms with Crippen molar-refractivity contribution < 1.29 is 43.0 Å². The van der Waals surface area contributed by atoms with Crippen molar-refractivity contribution in [1.29, 1.82) is 0 Å². The quantitative estimate of drug-likeness (QED) is 0.219. The van der Waals surface area contributed by atoms with Crippen LogP contribution in [-0.4, -0.2) is 108 Å². The van der Waals surface area contributed by atoms with Gasteiger partial charge in [-0.15, -0.1) is 0 Å². The first kappa shape index (κ1) is 44.2. The predicted octanol–water partition coefficient (Wildman–Crippen LogP) is 4.91. The van der Waals surface area contributed by atoms with Crippen LogP contribution in [0.4, 0.5) is 0 Å². The molecule has 1 fully saturated rings. The fourth-order valence-corrected chi connectivity index (χ4v) is 6.74. The molecule has 0 unspecified atom stereocenters. The Morgan fingerprint density at radius 1 is 0.404 bits per heavy atom. The summed E-state index contributed by atoms with van der Waals surface area (Å²) in [4.78, 5) is 89.9. The molecule has 12 nitrogen and oxygen atoms in total. The molecule has 57 heavy (non-hydrogen) atoms. The van der Waals surface area contributed by atoms with Crippen LogP contribution in [0.1, 0.15) is 58.2 Å². The first-order valence-corrected chi connectivity index (χ1v) is 19.5. The molecule has 1 aliphatic rings. The molecule has 0 radical (unpaired) electrons. The summed E-state index contributed by atoms with van der Waals surface area (Å²) in [5.41, 5.74) is 2.16. The summed E-state index contributed by atoms with van der Waals surface area (Å²) in [5.74, 6) is -6.18. The Bertz CT molecular complexity index is 1620. The molecule has 306 valence electrons. The molecular formula is C45H57N3O9. The molecule has 1 heterocycles. The predicted molar refractivity (Wildman–Crippen MR) is 214 cm³/mol. The first-order valence-electron chi connectivity index (χ1n) is 19.5. The van der Waals surface area contributed by atoms with Crippen molar-refractivity contribution in [1.82, 2.24) is 14.7 Å². The van der Waals surface area contributed by atoms with Crippen molar-refractivity contribution in [3.8, 4) is 0 Å². The molecular weight excluding hydrogens is 727 g/mol. The summed E-state index contributed by atoms with van der Waals surface area (Å²) in [5, 5.41) is 0. The first-order chi connectivity index (χ1) is 27.0. The fraction of sp³-hybridized carbons (Fsp3) is 0.467. The highest BCUT2D eigenvalue weighted by atomic mass is 16.6. The third-order valence-electron chi connectivity index (χ3n) is 10.4. The molecule has 4 rings (SSSR count). The van der Waals surface area contributed by atoms with E-state index in [0.29, 0.717) is 0 Å². The number of cyclic esters (lactones) is 3. The molecule has 1 aliphatic heterocycles. The molecule has 0 spiro atoms. The second kappa shape index (κ2) is 20.1. The van der Waals surface area contributed by atoms with E-state index in [1.165, 1.54) is 35.8 Å². The van der Waals surface area contributed by atoms with E-state index in [2.05, 4.69) is 0 Å². The van der Waals surface area contributed by atoms with Crippen LogP contribution in [0.25, 0.3) is 0 Å². The molecule has 3 aromatic rings. The third-order valence-corrected chi connectivity index (χ3v) is 10.4. The topological polar surface area (TPSA) is 140 Å². The summed E-state index contributed by atoms with van der Waals surface area (Å²) in [6.45, 7) is 10.3. The highest BCUT2D eigenvalue weighted by molar-refractivity contribution is 5.94. The Hall–Kier alpha value is -5.52. The number of amides is 3. The number of ether oxygens (including phenoxy) is 3. The highest BCUT2D eigenvalue weighted by Crippen LogP contribution is 2.24. The molecule has 6 atom stereocenters. The number of benzene rings is 3. The number of nitrogens with zero attached hydrogens (tertiary/aromatic N) is 3. The number of esters is 3. The monoisotopic (exact) mass is 783 g/mol. The average molecular weight is 784 g/mol. The van der Waals surface area contributed by atoms with Gasteiger partial charge in [0.15, 0.2) is 18.3 Å². The number of likely N-dealkylation sites (N-methyl/N-ethyl adjacent to an activating group) is 3. The smallest absolute Gasteiger partial charge is 0.329 e. The van der Waals surface area contributed by atoms with Crippen LogP contribution in [0.2, 0.25) is 0 Å². The van der Waals surface area contributed by atoms with E-state index in [1.807, 2.05) is 18.2 Å². The Kier molecular flexibility index (Phi) is 15.6. The maximum absolute atomic E-state index is 14.4. The molecule has 12 heteroatoms. The molecule has 3 amide bonds. The van der Waals surface area contributed by atoms with Crippen molar-refractivity contribution in [3.05, 3.63) is 108 Å². The van der Waals surface area contributed by atoms with Gasteiger partial charge in [-0.25, -0.2) is 14.4 Å². The van der Waals surface area contributed by atoms with Crippen molar-refractivity contribution in [2.24, 2.45) is 17.8 Å². The van der Waals surface area contributed by atoms with E-state index < -0.39 is 89.8 Å². The van der Waals surface area contributed by atoms with Gasteiger partial charge in [-0.3, -0.25) is 14.4 Å². The summed E-state index contributed by atoms with van der Waals surface area (Å²) < 4.78 is 18.1. The van der Waals surface area contributed by atoms with Gasteiger partial charge in [-0.1, -0.05) is 133 Å². The van der Waals surface area contributed by atoms with E-state index in [4.69, 9.17) is 14.2 Å². The SMILES string of the molecule is CC(C)[C@@H]1OC(=O)[C@H](Cc2ccccc2)N(C)C(=O)[C@H](C(C)C)OC(=O)[C@H](Cc2ccccc2)N(C)C(=O)[C@@H](C(C)C)OC(=O)[C@H](Cc2ccccc2)N(C)C1=O. The number of carbonyl (C=O) groups excluding carboxylic acids is 6. The average Bonchev–Trinajstić information content (AvgIpc) is 3.19. The zero-order chi connectivity index (χ0) is 42.0. The maximum Gasteiger partial charge on any atom is 0.329 e. The number of hydrogen-bond donors (Lipinski definition) is 0. The molecule has 3 aromatic carbocycles. The largest absolute Gasteiger partial charge is 0.450 e. The summed E-state index contributed by atoms with van der Waals surface area (Å²) in [7, 11) is 4.31. The van der Waals surface area contributed by atoms with E-state index in [1.54, 1.807) is 114 Å². The number of carbonyl (C=O) groups is 6. The number of rotatable bonds is 9. The number of hydrogen-bond acceptors (Lipinski definition) is 9. The van der Waals surface area contributed by atoms with E-state index in [9.17, 15) is 28.8 Å². The Labute approximate surface area is 336 Å². The van der Waals surface area contributed by atoms with Crippen LogP contribution in [0.5, 0.6) is 0 Å². The Balaban J connectivity index is 1.88. The van der Waals surface area contributed by atoms with Crippen molar-refractivity contribution in [2.75, 3.05) is 21.1 Å². The van der Waals surface area contributed by atoms with Crippen LogP contribution in [0.15, 0.2) is 91.0 Å². The molecule has 0 saturated carbocycles. The van der Waals surface area contributed by atoms with Gasteiger partial charge in [-0.05, 0) is 34.4 Å². The minimum absolute atomic E-state index is 0.0307. The zero-order valence-electron chi connectivity index (χ0n) is 34.5. The lowest BCUT2D eigenvalue weighted by molar-refractivity contribution is -0.179. The molecule has 0 N–H and O–H groups in total.